The first-order valence-corrected chi connectivity index (χ1v) is 7.03. The van der Waals surface area contributed by atoms with Gasteiger partial charge in [-0.1, -0.05) is 24.2 Å². The molecule has 0 saturated carbocycles. The van der Waals surface area contributed by atoms with Gasteiger partial charge < -0.3 is 9.26 Å². The molecule has 0 bridgehead atoms. The molecule has 8 nitrogen and oxygen atoms in total. The highest BCUT2D eigenvalue weighted by Gasteiger charge is 2.14. The molecule has 0 aliphatic rings. The summed E-state index contributed by atoms with van der Waals surface area (Å²) in [5, 5.41) is 10.4. The van der Waals surface area contributed by atoms with E-state index in [0.29, 0.717) is 23.6 Å². The molecule has 3 aromatic rings. The monoisotopic (exact) mass is 313 g/mol. The minimum atomic E-state index is -0.377. The molecule has 0 aliphatic heterocycles. The smallest absolute Gasteiger partial charge is 0.328 e. The van der Waals surface area contributed by atoms with E-state index in [1.807, 2.05) is 31.2 Å². The molecule has 0 radical (unpaired) electrons. The highest BCUT2D eigenvalue weighted by Crippen LogP contribution is 2.21. The van der Waals surface area contributed by atoms with Gasteiger partial charge in [0.15, 0.2) is 5.82 Å². The summed E-state index contributed by atoms with van der Waals surface area (Å²) < 4.78 is 11.8. The number of nitrogens with one attached hydrogen (secondary N) is 1. The fourth-order valence-electron chi connectivity index (χ4n) is 2.01. The van der Waals surface area contributed by atoms with E-state index in [1.54, 1.807) is 18.0 Å². The molecule has 1 amide bonds. The Labute approximate surface area is 132 Å². The van der Waals surface area contributed by atoms with Crippen LogP contribution in [0.4, 0.5) is 6.01 Å². The van der Waals surface area contributed by atoms with Gasteiger partial charge >= 0.3 is 6.01 Å². The molecule has 8 heteroatoms. The molecule has 0 saturated heterocycles. The Bertz CT molecular complexity index is 824. The molecule has 0 fully saturated rings. The van der Waals surface area contributed by atoms with Crippen molar-refractivity contribution in [1.29, 1.82) is 0 Å². The van der Waals surface area contributed by atoms with E-state index in [1.165, 1.54) is 6.20 Å². The van der Waals surface area contributed by atoms with E-state index < -0.39 is 0 Å². The average Bonchev–Trinajstić information content (AvgIpc) is 3.24. The summed E-state index contributed by atoms with van der Waals surface area (Å²) in [5.41, 5.74) is 1.10. The number of anilines is 1. The van der Waals surface area contributed by atoms with Gasteiger partial charge in [0.2, 0.25) is 0 Å². The third kappa shape index (κ3) is 3.05. The predicted molar refractivity (Wildman–Crippen MR) is 81.7 cm³/mol. The number of aryl methyl sites for hydroxylation is 1. The normalized spacial score (nSPS) is 10.5. The molecule has 23 heavy (non-hydrogen) atoms. The molecule has 0 spiro atoms. The maximum Gasteiger partial charge on any atom is 0.328 e. The quantitative estimate of drug-likeness (QED) is 0.775. The number of rotatable bonds is 5. The third-order valence-corrected chi connectivity index (χ3v) is 3.18. The molecule has 118 valence electrons. The number of para-hydroxylation sites is 2. The van der Waals surface area contributed by atoms with Crippen LogP contribution < -0.4 is 10.1 Å². The highest BCUT2D eigenvalue weighted by atomic mass is 16.5. The maximum atomic E-state index is 12.2. The summed E-state index contributed by atoms with van der Waals surface area (Å²) in [4.78, 5) is 16.2. The lowest BCUT2D eigenvalue weighted by atomic mass is 10.3. The Morgan fingerprint density at radius 2 is 2.22 bits per heavy atom. The Balaban J connectivity index is 1.79. The predicted octanol–water partition coefficient (Wildman–Crippen LogP) is 2.08. The van der Waals surface area contributed by atoms with Crippen molar-refractivity contribution < 1.29 is 14.1 Å². The average molecular weight is 313 g/mol. The Hall–Kier alpha value is -3.16. The fourth-order valence-corrected chi connectivity index (χ4v) is 2.01. The van der Waals surface area contributed by atoms with E-state index in [9.17, 15) is 4.79 Å². The van der Waals surface area contributed by atoms with Crippen molar-refractivity contribution in [1.82, 2.24) is 19.9 Å². The number of carbonyl (C=O) groups is 1. The lowest BCUT2D eigenvalue weighted by molar-refractivity contribution is 0.102. The first kappa shape index (κ1) is 14.8. The molecule has 0 atom stereocenters. The van der Waals surface area contributed by atoms with Crippen molar-refractivity contribution >= 4 is 11.9 Å². The van der Waals surface area contributed by atoms with Crippen molar-refractivity contribution in [3.8, 4) is 11.4 Å². The number of aromatic nitrogens is 4. The molecule has 1 aromatic carbocycles. The maximum absolute atomic E-state index is 12.2. The van der Waals surface area contributed by atoms with Crippen LogP contribution in [0.15, 0.2) is 41.2 Å². The number of benzene rings is 1. The van der Waals surface area contributed by atoms with E-state index >= 15 is 0 Å². The molecule has 2 aromatic heterocycles. The van der Waals surface area contributed by atoms with Gasteiger partial charge in [-0.25, -0.2) is 4.68 Å². The summed E-state index contributed by atoms with van der Waals surface area (Å²) in [6.45, 7) is 1.90. The molecule has 0 aliphatic carbocycles. The Morgan fingerprint density at radius 1 is 1.39 bits per heavy atom. The molecule has 0 unspecified atom stereocenters. The van der Waals surface area contributed by atoms with E-state index in [-0.39, 0.29) is 11.9 Å². The van der Waals surface area contributed by atoms with Crippen LogP contribution >= 0.6 is 0 Å². The second kappa shape index (κ2) is 6.30. The van der Waals surface area contributed by atoms with Crippen molar-refractivity contribution in [2.45, 2.75) is 13.3 Å². The standard InChI is InChI=1S/C15H15N5O3/c1-3-13-17-15(23-19-13)18-14(21)10-8-16-20(9-10)11-6-4-5-7-12(11)22-2/h4-9H,3H2,1-2H3,(H,17,18,19,21). The number of carbonyl (C=O) groups excluding carboxylic acids is 1. The van der Waals surface area contributed by atoms with Gasteiger partial charge in [-0.05, 0) is 12.1 Å². The van der Waals surface area contributed by atoms with Crippen LogP contribution in [0.1, 0.15) is 23.1 Å². The minimum Gasteiger partial charge on any atom is -0.494 e. The van der Waals surface area contributed by atoms with Crippen LogP contribution in [0.3, 0.4) is 0 Å². The summed E-state index contributed by atoms with van der Waals surface area (Å²) >= 11 is 0. The number of amides is 1. The zero-order valence-electron chi connectivity index (χ0n) is 12.7. The fraction of sp³-hybridized carbons (Fsp3) is 0.200. The summed E-state index contributed by atoms with van der Waals surface area (Å²) in [7, 11) is 1.58. The molecule has 1 N–H and O–H groups in total. The molecule has 2 heterocycles. The molecule has 3 rings (SSSR count). The third-order valence-electron chi connectivity index (χ3n) is 3.18. The lowest BCUT2D eigenvalue weighted by Crippen LogP contribution is -2.11. The lowest BCUT2D eigenvalue weighted by Gasteiger charge is -2.07. The zero-order valence-corrected chi connectivity index (χ0v) is 12.7. The first-order valence-electron chi connectivity index (χ1n) is 7.03. The van der Waals surface area contributed by atoms with E-state index in [2.05, 4.69) is 20.6 Å². The van der Waals surface area contributed by atoms with Crippen molar-refractivity contribution in [2.75, 3.05) is 12.4 Å². The first-order chi connectivity index (χ1) is 11.2. The van der Waals surface area contributed by atoms with Crippen molar-refractivity contribution in [3.63, 3.8) is 0 Å². The summed E-state index contributed by atoms with van der Waals surface area (Å²) in [6.07, 6.45) is 3.69. The topological polar surface area (TPSA) is 95.1 Å². The van der Waals surface area contributed by atoms with Crippen LogP contribution in [0.5, 0.6) is 5.75 Å². The van der Waals surface area contributed by atoms with Crippen molar-refractivity contribution in [2.24, 2.45) is 0 Å². The van der Waals surface area contributed by atoms with Crippen LogP contribution in [0.2, 0.25) is 0 Å². The van der Waals surface area contributed by atoms with Gasteiger partial charge in [0.1, 0.15) is 11.4 Å². The van der Waals surface area contributed by atoms with Crippen LogP contribution in [-0.4, -0.2) is 32.9 Å². The number of hydrogen-bond acceptors (Lipinski definition) is 6. The van der Waals surface area contributed by atoms with Crippen LogP contribution in [-0.2, 0) is 6.42 Å². The number of nitrogens with zero attached hydrogens (tertiary/aromatic N) is 4. The van der Waals surface area contributed by atoms with Gasteiger partial charge in [-0.2, -0.15) is 10.1 Å². The second-order valence-electron chi connectivity index (χ2n) is 4.67. The van der Waals surface area contributed by atoms with Gasteiger partial charge in [-0.15, -0.1) is 0 Å². The summed E-state index contributed by atoms with van der Waals surface area (Å²) in [6, 6.07) is 7.46. The van der Waals surface area contributed by atoms with Crippen molar-refractivity contribution in [3.05, 3.63) is 48.0 Å². The number of methoxy groups -OCH3 is 1. The van der Waals surface area contributed by atoms with Crippen LogP contribution in [0.25, 0.3) is 5.69 Å². The van der Waals surface area contributed by atoms with Crippen LogP contribution in [0, 0.1) is 0 Å². The van der Waals surface area contributed by atoms with Gasteiger partial charge in [0, 0.05) is 12.6 Å². The number of hydrogen-bond donors (Lipinski definition) is 1. The molecular formula is C15H15N5O3. The highest BCUT2D eigenvalue weighted by molar-refractivity contribution is 6.02. The van der Waals surface area contributed by atoms with Gasteiger partial charge in [-0.3, -0.25) is 10.1 Å². The molecular weight excluding hydrogens is 298 g/mol. The van der Waals surface area contributed by atoms with Gasteiger partial charge in [0.05, 0.1) is 18.9 Å². The Morgan fingerprint density at radius 3 is 2.96 bits per heavy atom. The zero-order chi connectivity index (χ0) is 16.2. The second-order valence-corrected chi connectivity index (χ2v) is 4.67. The van der Waals surface area contributed by atoms with E-state index in [0.717, 1.165) is 5.69 Å². The van der Waals surface area contributed by atoms with Gasteiger partial charge in [0.25, 0.3) is 5.91 Å². The minimum absolute atomic E-state index is 0.0666. The largest absolute Gasteiger partial charge is 0.494 e. The SMILES string of the molecule is CCc1noc(NC(=O)c2cnn(-c3ccccc3OC)c2)n1. The Kier molecular flexibility index (Phi) is 4.05. The number of ether oxygens (including phenoxy) is 1. The summed E-state index contributed by atoms with van der Waals surface area (Å²) in [5.74, 6) is 0.814. The van der Waals surface area contributed by atoms with E-state index in [4.69, 9.17) is 9.26 Å².